The van der Waals surface area contributed by atoms with Crippen molar-refractivity contribution in [2.45, 2.75) is 5.41 Å². The summed E-state index contributed by atoms with van der Waals surface area (Å²) >= 11 is 0. The molecule has 12 aromatic rings. The average Bonchev–Trinajstić information content (AvgIpc) is 4.01. The largest absolute Gasteiger partial charge is 0.310 e. The number of hydrogen-bond donors (Lipinski definition) is 0. The third kappa shape index (κ3) is 5.47. The number of rotatable bonds is 7. The second-order valence-electron chi connectivity index (χ2n) is 18.0. The van der Waals surface area contributed by atoms with Crippen LogP contribution in [0.25, 0.3) is 60.5 Å². The molecule has 11 aromatic carbocycles. The van der Waals surface area contributed by atoms with E-state index in [4.69, 9.17) is 0 Å². The van der Waals surface area contributed by atoms with Gasteiger partial charge in [0.05, 0.1) is 22.1 Å². The molecule has 2 aliphatic rings. The molecule has 1 unspecified atom stereocenters. The van der Waals surface area contributed by atoms with E-state index < -0.39 is 5.41 Å². The fourth-order valence-corrected chi connectivity index (χ4v) is 11.9. The van der Waals surface area contributed by atoms with Gasteiger partial charge in [0.2, 0.25) is 0 Å². The zero-order valence-corrected chi connectivity index (χ0v) is 37.2. The van der Waals surface area contributed by atoms with Crippen molar-refractivity contribution in [3.05, 3.63) is 283 Å². The van der Waals surface area contributed by atoms with E-state index >= 15 is 0 Å². The molecule has 318 valence electrons. The Morgan fingerprint density at radius 2 is 0.750 bits per heavy atom. The van der Waals surface area contributed by atoms with Crippen LogP contribution in [0.1, 0.15) is 22.3 Å². The highest BCUT2D eigenvalue weighted by Crippen LogP contribution is 2.65. The molecule has 0 saturated heterocycles. The minimum Gasteiger partial charge on any atom is -0.310 e. The normalized spacial score (nSPS) is 14.2. The first-order chi connectivity index (χ1) is 33.8. The van der Waals surface area contributed by atoms with Crippen LogP contribution < -0.4 is 9.80 Å². The number of anilines is 6. The van der Waals surface area contributed by atoms with Crippen LogP contribution >= 0.6 is 0 Å². The topological polar surface area (TPSA) is 11.4 Å². The Kier molecular flexibility index (Phi) is 8.50. The number of fused-ring (bicyclic) bond motifs is 15. The van der Waals surface area contributed by atoms with Gasteiger partial charge in [0, 0.05) is 50.3 Å². The maximum atomic E-state index is 2.50. The molecule has 2 aliphatic carbocycles. The van der Waals surface area contributed by atoms with Gasteiger partial charge in [-0.05, 0) is 135 Å². The van der Waals surface area contributed by atoms with Crippen LogP contribution in [-0.2, 0) is 5.41 Å². The van der Waals surface area contributed by atoms with Crippen LogP contribution in [0.3, 0.4) is 0 Å². The van der Waals surface area contributed by atoms with Gasteiger partial charge in [0.25, 0.3) is 0 Å². The molecule has 1 heterocycles. The van der Waals surface area contributed by atoms with Gasteiger partial charge in [-0.15, -0.1) is 0 Å². The van der Waals surface area contributed by atoms with Crippen LogP contribution in [0.4, 0.5) is 34.1 Å². The van der Waals surface area contributed by atoms with Crippen molar-refractivity contribution in [1.82, 2.24) is 4.57 Å². The summed E-state index contributed by atoms with van der Waals surface area (Å²) in [7, 11) is 0. The third-order valence-electron chi connectivity index (χ3n) is 14.5. The first-order valence-corrected chi connectivity index (χ1v) is 23.5. The SMILES string of the molecule is c1ccc(N(c2ccccc2)c2ccc3c(c2)C2(c4ccccc4-3)c3ccccc3-c3cc(N(c4ccccc4)c4ccc5c6ccccc6n(-c6ccccc6)c5c4)c4ccccc4c32)cc1. The van der Waals surface area contributed by atoms with E-state index in [0.29, 0.717) is 0 Å². The highest BCUT2D eigenvalue weighted by atomic mass is 15.2. The molecular formula is C65H43N3. The van der Waals surface area contributed by atoms with Crippen LogP contribution in [0.2, 0.25) is 0 Å². The van der Waals surface area contributed by atoms with E-state index in [0.717, 1.165) is 39.8 Å². The van der Waals surface area contributed by atoms with Gasteiger partial charge in [-0.25, -0.2) is 0 Å². The summed E-state index contributed by atoms with van der Waals surface area (Å²) in [5.74, 6) is 0. The molecule has 3 nitrogen and oxygen atoms in total. The van der Waals surface area contributed by atoms with Gasteiger partial charge in [0.1, 0.15) is 0 Å². The quantitative estimate of drug-likeness (QED) is 0.158. The van der Waals surface area contributed by atoms with E-state index in [1.807, 2.05) is 0 Å². The summed E-state index contributed by atoms with van der Waals surface area (Å²) in [5, 5.41) is 4.91. The zero-order chi connectivity index (χ0) is 44.8. The van der Waals surface area contributed by atoms with Gasteiger partial charge < -0.3 is 14.4 Å². The lowest BCUT2D eigenvalue weighted by atomic mass is 9.69. The minimum absolute atomic E-state index is 0.585. The summed E-state index contributed by atoms with van der Waals surface area (Å²) in [6, 6.07) is 96.1. The molecule has 0 amide bonds. The van der Waals surface area contributed by atoms with Crippen molar-refractivity contribution in [2.75, 3.05) is 9.80 Å². The average molecular weight is 866 g/mol. The summed E-state index contributed by atoms with van der Waals surface area (Å²) in [5.41, 5.74) is 20.0. The number of aromatic nitrogens is 1. The molecule has 0 bridgehead atoms. The summed E-state index contributed by atoms with van der Waals surface area (Å²) in [6.45, 7) is 0. The number of hydrogen-bond acceptors (Lipinski definition) is 2. The molecule has 1 atom stereocenters. The van der Waals surface area contributed by atoms with Gasteiger partial charge in [-0.3, -0.25) is 0 Å². The smallest absolute Gasteiger partial charge is 0.0732 e. The lowest BCUT2D eigenvalue weighted by Crippen LogP contribution is -2.26. The summed E-state index contributed by atoms with van der Waals surface area (Å²) in [6.07, 6.45) is 0. The molecule has 68 heavy (non-hydrogen) atoms. The molecule has 1 spiro atoms. The maximum Gasteiger partial charge on any atom is 0.0732 e. The lowest BCUT2D eigenvalue weighted by Gasteiger charge is -2.34. The Morgan fingerprint density at radius 3 is 1.41 bits per heavy atom. The Bertz CT molecular complexity index is 3870. The van der Waals surface area contributed by atoms with Gasteiger partial charge >= 0.3 is 0 Å². The van der Waals surface area contributed by atoms with Crippen LogP contribution in [-0.4, -0.2) is 4.57 Å². The highest BCUT2D eigenvalue weighted by Gasteiger charge is 2.53. The Balaban J connectivity index is 1.05. The lowest BCUT2D eigenvalue weighted by molar-refractivity contribution is 0.801. The predicted molar refractivity (Wildman–Crippen MR) is 284 cm³/mol. The van der Waals surface area contributed by atoms with Crippen molar-refractivity contribution in [1.29, 1.82) is 0 Å². The van der Waals surface area contributed by atoms with Crippen LogP contribution in [0.15, 0.2) is 261 Å². The number of benzene rings is 11. The molecule has 14 rings (SSSR count). The fraction of sp³-hybridized carbons (Fsp3) is 0.0154. The standard InChI is InChI=1S/C65H43N3/c1-5-21-44(22-6-1)66(45-23-7-2-8-24-45)48-37-39-52-50-29-15-18-34-58(50)65(60(52)41-48)59-35-19-16-30-51(59)57-43-63(54-32-13-14-33-56(54)64(57)65)67(46-25-9-3-10-26-46)49-38-40-55-53-31-17-20-36-61(53)68(62(55)42-49)47-27-11-4-12-28-47/h1-43H. The van der Waals surface area contributed by atoms with Crippen molar-refractivity contribution < 1.29 is 0 Å². The minimum atomic E-state index is -0.585. The van der Waals surface area contributed by atoms with Gasteiger partial charge in [-0.2, -0.15) is 0 Å². The van der Waals surface area contributed by atoms with Crippen LogP contribution in [0, 0.1) is 0 Å². The van der Waals surface area contributed by atoms with E-state index in [1.165, 1.54) is 77.1 Å². The third-order valence-corrected chi connectivity index (χ3v) is 14.5. The molecule has 0 radical (unpaired) electrons. The highest BCUT2D eigenvalue weighted by molar-refractivity contribution is 6.13. The van der Waals surface area contributed by atoms with E-state index in [2.05, 4.69) is 275 Å². The summed E-state index contributed by atoms with van der Waals surface area (Å²) in [4.78, 5) is 4.88. The number of nitrogens with zero attached hydrogens (tertiary/aromatic N) is 3. The first kappa shape index (κ1) is 38.4. The maximum absolute atomic E-state index is 2.50. The van der Waals surface area contributed by atoms with Crippen molar-refractivity contribution in [3.8, 4) is 27.9 Å². The van der Waals surface area contributed by atoms with E-state index in [9.17, 15) is 0 Å². The second kappa shape index (κ2) is 15.1. The molecule has 1 aromatic heterocycles. The zero-order valence-electron chi connectivity index (χ0n) is 37.2. The monoisotopic (exact) mass is 865 g/mol. The Morgan fingerprint density at radius 1 is 0.279 bits per heavy atom. The van der Waals surface area contributed by atoms with Crippen molar-refractivity contribution in [3.63, 3.8) is 0 Å². The Hall–Kier alpha value is -8.92. The van der Waals surface area contributed by atoms with Crippen LogP contribution in [0.5, 0.6) is 0 Å². The predicted octanol–water partition coefficient (Wildman–Crippen LogP) is 17.2. The van der Waals surface area contributed by atoms with E-state index in [-0.39, 0.29) is 0 Å². The Labute approximate surface area is 395 Å². The molecule has 0 fully saturated rings. The molecule has 0 saturated carbocycles. The number of para-hydroxylation sites is 5. The summed E-state index contributed by atoms with van der Waals surface area (Å²) < 4.78 is 2.41. The van der Waals surface area contributed by atoms with E-state index in [1.54, 1.807) is 0 Å². The molecule has 3 heteroatoms. The van der Waals surface area contributed by atoms with Gasteiger partial charge in [0.15, 0.2) is 0 Å². The van der Waals surface area contributed by atoms with Gasteiger partial charge in [-0.1, -0.05) is 176 Å². The molecule has 0 N–H and O–H groups in total. The first-order valence-electron chi connectivity index (χ1n) is 23.5. The molecular weight excluding hydrogens is 823 g/mol. The second-order valence-corrected chi connectivity index (χ2v) is 18.0. The van der Waals surface area contributed by atoms with Crippen molar-refractivity contribution >= 4 is 66.7 Å². The van der Waals surface area contributed by atoms with Crippen molar-refractivity contribution in [2.24, 2.45) is 0 Å². The fourth-order valence-electron chi connectivity index (χ4n) is 11.9. The molecule has 0 aliphatic heterocycles.